The Morgan fingerprint density at radius 3 is 2.64 bits per heavy atom. The smallest absolute Gasteiger partial charge is 0.165 e. The van der Waals surface area contributed by atoms with Gasteiger partial charge in [-0.15, -0.1) is 0 Å². The van der Waals surface area contributed by atoms with E-state index in [0.29, 0.717) is 11.9 Å². The second kappa shape index (κ2) is 2.74. The van der Waals surface area contributed by atoms with Gasteiger partial charge in [0.15, 0.2) is 11.6 Å². The van der Waals surface area contributed by atoms with E-state index in [0.717, 1.165) is 0 Å². The quantitative estimate of drug-likeness (QED) is 0.590. The Morgan fingerprint density at radius 1 is 1.64 bits per heavy atom. The van der Waals surface area contributed by atoms with E-state index in [1.165, 1.54) is 0 Å². The van der Waals surface area contributed by atoms with Crippen molar-refractivity contribution in [2.45, 2.75) is 19.9 Å². The van der Waals surface area contributed by atoms with Gasteiger partial charge < -0.3 is 16.3 Å². The van der Waals surface area contributed by atoms with Gasteiger partial charge in [0, 0.05) is 18.3 Å². The van der Waals surface area contributed by atoms with Crippen LogP contribution in [0.4, 0.5) is 5.82 Å². The molecule has 0 fully saturated rings. The standard InChI is InChI=1S/C7H13N3O/c1-5(2)9-10-4-3-6(11)7(10)8/h3-5,9,11H,8H2,1-2H3. The number of nitrogens with zero attached hydrogens (tertiary/aromatic N) is 1. The van der Waals surface area contributed by atoms with E-state index in [-0.39, 0.29) is 5.75 Å². The summed E-state index contributed by atoms with van der Waals surface area (Å²) in [6.07, 6.45) is 1.69. The Balaban J connectivity index is 2.79. The molecule has 4 heteroatoms. The molecule has 0 saturated heterocycles. The second-order valence-corrected chi connectivity index (χ2v) is 2.74. The minimum atomic E-state index is 0.109. The van der Waals surface area contributed by atoms with E-state index in [1.54, 1.807) is 16.9 Å². The number of nitrogens with one attached hydrogen (secondary N) is 1. The molecule has 4 nitrogen and oxygen atoms in total. The zero-order chi connectivity index (χ0) is 8.43. The van der Waals surface area contributed by atoms with Crippen molar-refractivity contribution < 1.29 is 5.11 Å². The fraction of sp³-hybridized carbons (Fsp3) is 0.429. The molecule has 0 aromatic carbocycles. The molecule has 11 heavy (non-hydrogen) atoms. The van der Waals surface area contributed by atoms with E-state index in [1.807, 2.05) is 13.8 Å². The average Bonchev–Trinajstić information content (AvgIpc) is 2.18. The minimum Gasteiger partial charge on any atom is -0.504 e. The van der Waals surface area contributed by atoms with Gasteiger partial charge in [-0.3, -0.25) is 0 Å². The molecule has 0 atom stereocenters. The Bertz CT molecular complexity index is 242. The molecule has 4 N–H and O–H groups in total. The molecular weight excluding hydrogens is 142 g/mol. The van der Waals surface area contributed by atoms with Gasteiger partial charge in [0.05, 0.1) is 0 Å². The second-order valence-electron chi connectivity index (χ2n) is 2.74. The van der Waals surface area contributed by atoms with Crippen LogP contribution < -0.4 is 11.2 Å². The summed E-state index contributed by atoms with van der Waals surface area (Å²) in [5.41, 5.74) is 8.53. The van der Waals surface area contributed by atoms with Crippen molar-refractivity contribution in [1.29, 1.82) is 0 Å². The van der Waals surface area contributed by atoms with Crippen LogP contribution in [0, 0.1) is 0 Å². The Labute approximate surface area is 65.6 Å². The van der Waals surface area contributed by atoms with E-state index >= 15 is 0 Å². The van der Waals surface area contributed by atoms with Crippen molar-refractivity contribution >= 4 is 5.82 Å². The first kappa shape index (κ1) is 7.78. The monoisotopic (exact) mass is 155 g/mol. The fourth-order valence-corrected chi connectivity index (χ4v) is 0.825. The van der Waals surface area contributed by atoms with Gasteiger partial charge in [-0.2, -0.15) is 0 Å². The molecule has 0 aliphatic rings. The molecule has 0 saturated carbocycles. The van der Waals surface area contributed by atoms with Crippen molar-refractivity contribution in [2.24, 2.45) is 0 Å². The normalized spacial score (nSPS) is 10.5. The molecule has 0 amide bonds. The zero-order valence-electron chi connectivity index (χ0n) is 6.70. The van der Waals surface area contributed by atoms with Crippen molar-refractivity contribution in [3.05, 3.63) is 12.3 Å². The Hall–Kier alpha value is -1.32. The number of nitrogens with two attached hydrogens (primary N) is 1. The predicted molar refractivity (Wildman–Crippen MR) is 45.0 cm³/mol. The molecule has 62 valence electrons. The minimum absolute atomic E-state index is 0.109. The number of rotatable bonds is 2. The predicted octanol–water partition coefficient (Wildman–Crippen LogP) is 0.728. The van der Waals surface area contributed by atoms with Crippen LogP contribution in [0.1, 0.15) is 13.8 Å². The number of hydrogen-bond donors (Lipinski definition) is 3. The molecule has 1 aromatic rings. The molecule has 0 unspecified atom stereocenters. The highest BCUT2D eigenvalue weighted by Crippen LogP contribution is 2.18. The van der Waals surface area contributed by atoms with Gasteiger partial charge >= 0.3 is 0 Å². The van der Waals surface area contributed by atoms with Crippen LogP contribution >= 0.6 is 0 Å². The van der Waals surface area contributed by atoms with Crippen LogP contribution in [0.15, 0.2) is 12.3 Å². The maximum absolute atomic E-state index is 9.07. The van der Waals surface area contributed by atoms with Crippen molar-refractivity contribution in [1.82, 2.24) is 4.68 Å². The first-order valence-electron chi connectivity index (χ1n) is 3.53. The first-order chi connectivity index (χ1) is 5.11. The number of nitrogen functional groups attached to an aromatic ring is 1. The highest BCUT2D eigenvalue weighted by atomic mass is 16.3. The van der Waals surface area contributed by atoms with Gasteiger partial charge in [0.2, 0.25) is 0 Å². The van der Waals surface area contributed by atoms with Gasteiger partial charge in [0.1, 0.15) is 0 Å². The highest BCUT2D eigenvalue weighted by molar-refractivity contribution is 5.47. The summed E-state index contributed by atoms with van der Waals surface area (Å²) in [5.74, 6) is 0.455. The summed E-state index contributed by atoms with van der Waals surface area (Å²) < 4.78 is 1.60. The lowest BCUT2D eigenvalue weighted by Crippen LogP contribution is -2.22. The zero-order valence-corrected chi connectivity index (χ0v) is 6.70. The third kappa shape index (κ3) is 1.58. The number of hydrogen-bond acceptors (Lipinski definition) is 3. The number of anilines is 1. The fourth-order valence-electron chi connectivity index (χ4n) is 0.825. The van der Waals surface area contributed by atoms with Crippen molar-refractivity contribution in [3.8, 4) is 5.75 Å². The molecule has 0 aliphatic carbocycles. The summed E-state index contributed by atoms with van der Waals surface area (Å²) in [7, 11) is 0. The van der Waals surface area contributed by atoms with Crippen LogP contribution in [0.5, 0.6) is 5.75 Å². The Morgan fingerprint density at radius 2 is 2.27 bits per heavy atom. The molecule has 0 aliphatic heterocycles. The number of aromatic hydroxyl groups is 1. The first-order valence-corrected chi connectivity index (χ1v) is 3.53. The Kier molecular flexibility index (Phi) is 1.94. The largest absolute Gasteiger partial charge is 0.504 e. The highest BCUT2D eigenvalue weighted by Gasteiger charge is 2.02. The van der Waals surface area contributed by atoms with E-state index < -0.39 is 0 Å². The topological polar surface area (TPSA) is 63.2 Å². The van der Waals surface area contributed by atoms with Crippen LogP contribution in [-0.4, -0.2) is 15.8 Å². The van der Waals surface area contributed by atoms with Crippen LogP contribution in [0.25, 0.3) is 0 Å². The summed E-state index contributed by atoms with van der Waals surface area (Å²) in [6, 6.07) is 1.84. The molecule has 1 heterocycles. The number of aromatic nitrogens is 1. The average molecular weight is 155 g/mol. The third-order valence-electron chi connectivity index (χ3n) is 1.30. The van der Waals surface area contributed by atoms with Crippen molar-refractivity contribution in [3.63, 3.8) is 0 Å². The van der Waals surface area contributed by atoms with E-state index in [2.05, 4.69) is 5.43 Å². The van der Waals surface area contributed by atoms with Crippen LogP contribution in [0.3, 0.4) is 0 Å². The van der Waals surface area contributed by atoms with E-state index in [4.69, 9.17) is 10.8 Å². The third-order valence-corrected chi connectivity index (χ3v) is 1.30. The van der Waals surface area contributed by atoms with Crippen LogP contribution in [-0.2, 0) is 0 Å². The van der Waals surface area contributed by atoms with Gasteiger partial charge in [-0.05, 0) is 13.8 Å². The summed E-state index contributed by atoms with van der Waals surface area (Å²) in [5, 5.41) is 9.07. The summed E-state index contributed by atoms with van der Waals surface area (Å²) in [6.45, 7) is 3.99. The maximum atomic E-state index is 9.07. The lowest BCUT2D eigenvalue weighted by Gasteiger charge is -2.12. The SMILES string of the molecule is CC(C)Nn1ccc(O)c1N. The molecule has 0 bridgehead atoms. The van der Waals surface area contributed by atoms with Gasteiger partial charge in [-0.1, -0.05) is 0 Å². The van der Waals surface area contributed by atoms with E-state index in [9.17, 15) is 0 Å². The summed E-state index contributed by atoms with van der Waals surface area (Å²) in [4.78, 5) is 0. The molecule has 0 spiro atoms. The van der Waals surface area contributed by atoms with Gasteiger partial charge in [0.25, 0.3) is 0 Å². The van der Waals surface area contributed by atoms with Gasteiger partial charge in [-0.25, -0.2) is 4.68 Å². The molecular formula is C7H13N3O. The maximum Gasteiger partial charge on any atom is 0.165 e. The molecule has 0 radical (unpaired) electrons. The molecule has 1 aromatic heterocycles. The lowest BCUT2D eigenvalue weighted by molar-refractivity contribution is 0.477. The summed E-state index contributed by atoms with van der Waals surface area (Å²) >= 11 is 0. The van der Waals surface area contributed by atoms with Crippen molar-refractivity contribution in [2.75, 3.05) is 11.2 Å². The molecule has 1 rings (SSSR count). The lowest BCUT2D eigenvalue weighted by atomic mass is 10.4. The van der Waals surface area contributed by atoms with Crippen LogP contribution in [0.2, 0.25) is 0 Å².